The van der Waals surface area contributed by atoms with Crippen LogP contribution in [0.2, 0.25) is 0 Å². The van der Waals surface area contributed by atoms with Crippen molar-refractivity contribution in [3.63, 3.8) is 0 Å². The van der Waals surface area contributed by atoms with E-state index in [4.69, 9.17) is 9.47 Å². The number of ether oxygens (including phenoxy) is 2. The monoisotopic (exact) mass is 319 g/mol. The van der Waals surface area contributed by atoms with Crippen molar-refractivity contribution in [1.82, 2.24) is 4.90 Å². The van der Waals surface area contributed by atoms with Crippen LogP contribution in [0.5, 0.6) is 0 Å². The predicted octanol–water partition coefficient (Wildman–Crippen LogP) is 3.38. The second-order valence-corrected chi connectivity index (χ2v) is 7.50. The molecule has 4 heteroatoms. The Kier molecular flexibility index (Phi) is 4.39. The summed E-state index contributed by atoms with van der Waals surface area (Å²) in [5.41, 5.74) is 1.09. The van der Waals surface area contributed by atoms with Gasteiger partial charge in [0.15, 0.2) is 0 Å². The zero-order valence-electron chi connectivity index (χ0n) is 13.7. The van der Waals surface area contributed by atoms with E-state index < -0.39 is 0 Å². The lowest BCUT2D eigenvalue weighted by molar-refractivity contribution is -0.0466. The summed E-state index contributed by atoms with van der Waals surface area (Å²) in [4.78, 5) is 2.40. The Morgan fingerprint density at radius 1 is 1.26 bits per heavy atom. The standard InChI is InChI=1S/C19H26FNO2/c20-17-3-1-2-16(10-17)12-21-8-6-19(7-9-21)11-18(14-23-19)22-13-15-4-5-15/h1-3,10,15,18H,4-9,11-14H2. The van der Waals surface area contributed by atoms with E-state index in [9.17, 15) is 4.39 Å². The lowest BCUT2D eigenvalue weighted by Crippen LogP contribution is -2.43. The first-order chi connectivity index (χ1) is 11.2. The van der Waals surface area contributed by atoms with Gasteiger partial charge in [0.1, 0.15) is 5.82 Å². The van der Waals surface area contributed by atoms with Crippen LogP contribution in [0.15, 0.2) is 24.3 Å². The maximum absolute atomic E-state index is 13.3. The number of likely N-dealkylation sites (tertiary alicyclic amines) is 1. The number of halogens is 1. The van der Waals surface area contributed by atoms with E-state index in [0.717, 1.165) is 63.6 Å². The lowest BCUT2D eigenvalue weighted by Gasteiger charge is -2.38. The number of rotatable bonds is 5. The van der Waals surface area contributed by atoms with Crippen molar-refractivity contribution in [2.75, 3.05) is 26.3 Å². The van der Waals surface area contributed by atoms with Gasteiger partial charge in [-0.2, -0.15) is 0 Å². The molecule has 0 radical (unpaired) electrons. The van der Waals surface area contributed by atoms with Crippen molar-refractivity contribution in [2.24, 2.45) is 5.92 Å². The molecule has 4 rings (SSSR count). The van der Waals surface area contributed by atoms with Crippen molar-refractivity contribution in [3.05, 3.63) is 35.6 Å². The smallest absolute Gasteiger partial charge is 0.123 e. The fourth-order valence-electron chi connectivity index (χ4n) is 3.83. The molecule has 2 aliphatic heterocycles. The predicted molar refractivity (Wildman–Crippen MR) is 86.7 cm³/mol. The summed E-state index contributed by atoms with van der Waals surface area (Å²) < 4.78 is 25.4. The Bertz CT molecular complexity index is 538. The van der Waals surface area contributed by atoms with Crippen LogP contribution >= 0.6 is 0 Å². The van der Waals surface area contributed by atoms with E-state index in [1.807, 2.05) is 6.07 Å². The number of benzene rings is 1. The quantitative estimate of drug-likeness (QED) is 0.830. The highest BCUT2D eigenvalue weighted by atomic mass is 19.1. The van der Waals surface area contributed by atoms with E-state index in [0.29, 0.717) is 6.10 Å². The van der Waals surface area contributed by atoms with Gasteiger partial charge in [-0.25, -0.2) is 4.39 Å². The molecule has 0 aromatic heterocycles. The molecular formula is C19H26FNO2. The fraction of sp³-hybridized carbons (Fsp3) is 0.684. The Balaban J connectivity index is 1.25. The van der Waals surface area contributed by atoms with Gasteiger partial charge in [-0.1, -0.05) is 12.1 Å². The maximum atomic E-state index is 13.3. The van der Waals surface area contributed by atoms with Gasteiger partial charge in [0.05, 0.1) is 18.3 Å². The van der Waals surface area contributed by atoms with Crippen LogP contribution in [0.25, 0.3) is 0 Å². The first-order valence-electron chi connectivity index (χ1n) is 8.93. The van der Waals surface area contributed by atoms with E-state index in [2.05, 4.69) is 4.90 Å². The molecule has 1 unspecified atom stereocenters. The molecule has 2 heterocycles. The van der Waals surface area contributed by atoms with E-state index in [1.54, 1.807) is 12.1 Å². The third kappa shape index (κ3) is 3.93. The highest BCUT2D eigenvalue weighted by molar-refractivity contribution is 5.16. The van der Waals surface area contributed by atoms with Crippen molar-refractivity contribution in [1.29, 1.82) is 0 Å². The third-order valence-electron chi connectivity index (χ3n) is 5.50. The van der Waals surface area contributed by atoms with Gasteiger partial charge in [0, 0.05) is 32.7 Å². The first-order valence-corrected chi connectivity index (χ1v) is 8.93. The summed E-state index contributed by atoms with van der Waals surface area (Å²) in [6, 6.07) is 6.93. The van der Waals surface area contributed by atoms with Gasteiger partial charge in [-0.15, -0.1) is 0 Å². The van der Waals surface area contributed by atoms with Gasteiger partial charge >= 0.3 is 0 Å². The molecule has 0 bridgehead atoms. The van der Waals surface area contributed by atoms with Crippen LogP contribution in [0.4, 0.5) is 4.39 Å². The van der Waals surface area contributed by atoms with Crippen LogP contribution in [0.1, 0.15) is 37.7 Å². The highest BCUT2D eigenvalue weighted by Crippen LogP contribution is 2.38. The molecule has 1 spiro atoms. The van der Waals surface area contributed by atoms with Crippen LogP contribution < -0.4 is 0 Å². The Morgan fingerprint density at radius 3 is 2.83 bits per heavy atom. The van der Waals surface area contributed by atoms with E-state index in [1.165, 1.54) is 18.9 Å². The highest BCUT2D eigenvalue weighted by Gasteiger charge is 2.43. The van der Waals surface area contributed by atoms with Gasteiger partial charge < -0.3 is 9.47 Å². The molecule has 23 heavy (non-hydrogen) atoms. The number of hydrogen-bond donors (Lipinski definition) is 0. The average molecular weight is 319 g/mol. The third-order valence-corrected chi connectivity index (χ3v) is 5.50. The fourth-order valence-corrected chi connectivity index (χ4v) is 3.83. The molecule has 3 aliphatic rings. The van der Waals surface area contributed by atoms with Crippen molar-refractivity contribution in [3.8, 4) is 0 Å². The maximum Gasteiger partial charge on any atom is 0.123 e. The summed E-state index contributed by atoms with van der Waals surface area (Å²) in [6.45, 7) is 4.56. The molecule has 1 saturated carbocycles. The van der Waals surface area contributed by atoms with Crippen molar-refractivity contribution < 1.29 is 13.9 Å². The average Bonchev–Trinajstić information content (AvgIpc) is 3.30. The number of nitrogens with zero attached hydrogens (tertiary/aromatic N) is 1. The van der Waals surface area contributed by atoms with Gasteiger partial charge in [0.25, 0.3) is 0 Å². The summed E-state index contributed by atoms with van der Waals surface area (Å²) in [5.74, 6) is 0.672. The second-order valence-electron chi connectivity index (χ2n) is 7.50. The number of hydrogen-bond acceptors (Lipinski definition) is 3. The van der Waals surface area contributed by atoms with Gasteiger partial charge in [-0.05, 0) is 49.3 Å². The summed E-state index contributed by atoms with van der Waals surface area (Å²) in [6.07, 6.45) is 6.15. The minimum atomic E-state index is -0.147. The zero-order chi connectivity index (χ0) is 15.7. The first kappa shape index (κ1) is 15.6. The Labute approximate surface area is 137 Å². The van der Waals surface area contributed by atoms with Crippen LogP contribution in [0.3, 0.4) is 0 Å². The normalized spacial score (nSPS) is 27.6. The minimum Gasteiger partial charge on any atom is -0.375 e. The van der Waals surface area contributed by atoms with Crippen LogP contribution in [-0.4, -0.2) is 42.9 Å². The Morgan fingerprint density at radius 2 is 2.09 bits per heavy atom. The lowest BCUT2D eigenvalue weighted by atomic mass is 9.88. The molecule has 2 saturated heterocycles. The summed E-state index contributed by atoms with van der Waals surface area (Å²) in [5, 5.41) is 0. The van der Waals surface area contributed by atoms with E-state index in [-0.39, 0.29) is 11.4 Å². The largest absolute Gasteiger partial charge is 0.375 e. The molecule has 3 fully saturated rings. The summed E-state index contributed by atoms with van der Waals surface area (Å²) >= 11 is 0. The number of piperidine rings is 1. The van der Waals surface area contributed by atoms with Crippen LogP contribution in [0, 0.1) is 11.7 Å². The van der Waals surface area contributed by atoms with Gasteiger partial charge in [-0.3, -0.25) is 4.90 Å². The topological polar surface area (TPSA) is 21.7 Å². The molecule has 3 nitrogen and oxygen atoms in total. The van der Waals surface area contributed by atoms with E-state index >= 15 is 0 Å². The summed E-state index contributed by atoms with van der Waals surface area (Å²) in [7, 11) is 0. The molecule has 1 aromatic rings. The molecule has 1 atom stereocenters. The molecule has 126 valence electrons. The zero-order valence-corrected chi connectivity index (χ0v) is 13.7. The molecule has 0 N–H and O–H groups in total. The van der Waals surface area contributed by atoms with Crippen molar-refractivity contribution in [2.45, 2.75) is 50.4 Å². The second kappa shape index (κ2) is 6.50. The minimum absolute atomic E-state index is 0.0344. The SMILES string of the molecule is Fc1cccc(CN2CCC3(CC2)CC(OCC2CC2)CO3)c1. The molecule has 1 aromatic carbocycles. The van der Waals surface area contributed by atoms with Crippen molar-refractivity contribution >= 4 is 0 Å². The van der Waals surface area contributed by atoms with Crippen LogP contribution in [-0.2, 0) is 16.0 Å². The van der Waals surface area contributed by atoms with Gasteiger partial charge in [0.2, 0.25) is 0 Å². The molecule has 1 aliphatic carbocycles. The Hall–Kier alpha value is -0.970. The molecule has 0 amide bonds. The molecular weight excluding hydrogens is 293 g/mol.